The normalized spacial score (nSPS) is 14.2. The third-order valence-electron chi connectivity index (χ3n) is 6.44. The lowest BCUT2D eigenvalue weighted by Crippen LogP contribution is -2.41. The number of aromatic nitrogens is 5. The van der Waals surface area contributed by atoms with E-state index in [0.717, 1.165) is 17.8 Å². The Morgan fingerprint density at radius 3 is 2.32 bits per heavy atom. The zero-order valence-electron chi connectivity index (χ0n) is 21.4. The molecule has 0 radical (unpaired) electrons. The Kier molecular flexibility index (Phi) is 8.19. The summed E-state index contributed by atoms with van der Waals surface area (Å²) in [6.45, 7) is 0.978. The molecule has 14 heteroatoms. The lowest BCUT2D eigenvalue weighted by Gasteiger charge is -2.30. The Morgan fingerprint density at radius 1 is 1.00 bits per heavy atom. The summed E-state index contributed by atoms with van der Waals surface area (Å²) in [6.07, 6.45) is -2.34. The summed E-state index contributed by atoms with van der Waals surface area (Å²) in [5, 5.41) is 21.7. The summed E-state index contributed by atoms with van der Waals surface area (Å²) in [5.74, 6) is -0.650. The molecular weight excluding hydrogens is 561 g/mol. The highest BCUT2D eigenvalue weighted by molar-refractivity contribution is 7.99. The molecule has 2 aromatic carbocycles. The Labute approximate surface area is 236 Å². The van der Waals surface area contributed by atoms with Gasteiger partial charge in [0.05, 0.1) is 16.8 Å². The number of likely N-dealkylation sites (tertiary alicyclic amines) is 1. The van der Waals surface area contributed by atoms with E-state index in [1.54, 1.807) is 46.0 Å². The molecule has 5 rings (SSSR count). The van der Waals surface area contributed by atoms with Crippen molar-refractivity contribution in [2.45, 2.75) is 35.8 Å². The average molecular weight is 585 g/mol. The molecule has 41 heavy (non-hydrogen) atoms. The van der Waals surface area contributed by atoms with E-state index in [-0.39, 0.29) is 10.8 Å². The van der Waals surface area contributed by atoms with Crippen LogP contribution < -0.4 is 4.74 Å². The number of tetrazole rings is 1. The van der Waals surface area contributed by atoms with Crippen LogP contribution in [0, 0.1) is 0 Å². The van der Waals surface area contributed by atoms with Gasteiger partial charge in [0.25, 0.3) is 0 Å². The van der Waals surface area contributed by atoms with Crippen molar-refractivity contribution in [2.75, 3.05) is 13.1 Å². The fraction of sp³-hybridized carbons (Fsp3) is 0.259. The molecule has 10 nitrogen and oxygen atoms in total. The highest BCUT2D eigenvalue weighted by atomic mass is 32.2. The number of benzene rings is 2. The molecule has 1 amide bonds. The molecule has 1 saturated heterocycles. The Bertz CT molecular complexity index is 1500. The topological polar surface area (TPSA) is 123 Å². The fourth-order valence-corrected chi connectivity index (χ4v) is 5.28. The van der Waals surface area contributed by atoms with Crippen molar-refractivity contribution < 1.29 is 32.6 Å². The molecule has 1 aliphatic heterocycles. The maximum atomic E-state index is 12.7. The van der Waals surface area contributed by atoms with E-state index in [1.165, 1.54) is 30.0 Å². The van der Waals surface area contributed by atoms with Gasteiger partial charge in [-0.3, -0.25) is 4.98 Å². The smallest absolute Gasteiger partial charge is 0.417 e. The number of carbonyl (C=O) groups is 2. The molecule has 1 N–H and O–H groups in total. The van der Waals surface area contributed by atoms with Crippen molar-refractivity contribution in [1.29, 1.82) is 0 Å². The SMILES string of the molecule is O=C(O)c1ccc(-n2nnnc2SC2CCN(C(=O)Oc3ccc(Cc4ccc(C(F)(F)F)cn4)cc3)CC2)cc1. The second kappa shape index (κ2) is 12.0. The van der Waals surface area contributed by atoms with E-state index >= 15 is 0 Å². The fourth-order valence-electron chi connectivity index (χ4n) is 4.21. The van der Waals surface area contributed by atoms with Gasteiger partial charge in [0, 0.05) is 36.7 Å². The minimum Gasteiger partial charge on any atom is -0.478 e. The van der Waals surface area contributed by atoms with Crippen LogP contribution in [0.3, 0.4) is 0 Å². The van der Waals surface area contributed by atoms with Crippen LogP contribution in [0.4, 0.5) is 18.0 Å². The van der Waals surface area contributed by atoms with Gasteiger partial charge in [0.15, 0.2) is 0 Å². The van der Waals surface area contributed by atoms with Gasteiger partial charge < -0.3 is 14.7 Å². The van der Waals surface area contributed by atoms with E-state index in [2.05, 4.69) is 20.5 Å². The summed E-state index contributed by atoms with van der Waals surface area (Å²) in [6, 6.07) is 15.4. The molecule has 2 aromatic heterocycles. The van der Waals surface area contributed by atoms with E-state index in [9.17, 15) is 22.8 Å². The first-order valence-electron chi connectivity index (χ1n) is 12.5. The summed E-state index contributed by atoms with van der Waals surface area (Å²) in [4.78, 5) is 29.3. The van der Waals surface area contributed by atoms with Gasteiger partial charge in [0.2, 0.25) is 5.16 Å². The molecule has 0 atom stereocenters. The molecular formula is C27H23F3N6O4S. The minimum absolute atomic E-state index is 0.167. The van der Waals surface area contributed by atoms with Crippen molar-refractivity contribution in [3.05, 3.63) is 89.2 Å². The number of piperidine rings is 1. The predicted molar refractivity (Wildman–Crippen MR) is 141 cm³/mol. The van der Waals surface area contributed by atoms with E-state index in [0.29, 0.717) is 54.6 Å². The molecule has 0 spiro atoms. The number of hydrogen-bond acceptors (Lipinski definition) is 8. The number of halogens is 3. The number of alkyl halides is 3. The molecule has 3 heterocycles. The van der Waals surface area contributed by atoms with Crippen LogP contribution in [0.5, 0.6) is 5.75 Å². The molecule has 0 unspecified atom stereocenters. The molecule has 0 aliphatic carbocycles. The third-order valence-corrected chi connectivity index (χ3v) is 7.71. The number of carbonyl (C=O) groups excluding carboxylic acids is 1. The second-order valence-corrected chi connectivity index (χ2v) is 10.5. The Hall–Kier alpha value is -4.46. The second-order valence-electron chi connectivity index (χ2n) is 9.25. The summed E-state index contributed by atoms with van der Waals surface area (Å²) in [5.41, 5.74) is 1.33. The van der Waals surface area contributed by atoms with Gasteiger partial charge in [-0.2, -0.15) is 17.9 Å². The van der Waals surface area contributed by atoms with Crippen molar-refractivity contribution in [3.8, 4) is 11.4 Å². The van der Waals surface area contributed by atoms with Gasteiger partial charge in [-0.25, -0.2) is 9.59 Å². The number of carboxylic acids is 1. The first-order valence-corrected chi connectivity index (χ1v) is 13.4. The van der Waals surface area contributed by atoms with Crippen LogP contribution >= 0.6 is 11.8 Å². The van der Waals surface area contributed by atoms with E-state index in [4.69, 9.17) is 9.84 Å². The van der Waals surface area contributed by atoms with Crippen LogP contribution in [0.25, 0.3) is 5.69 Å². The van der Waals surface area contributed by atoms with Gasteiger partial charge in [-0.1, -0.05) is 23.9 Å². The third kappa shape index (κ3) is 7.01. The highest BCUT2D eigenvalue weighted by Crippen LogP contribution is 2.31. The van der Waals surface area contributed by atoms with E-state index < -0.39 is 23.8 Å². The van der Waals surface area contributed by atoms with Gasteiger partial charge in [0.1, 0.15) is 5.75 Å². The van der Waals surface area contributed by atoms with Crippen molar-refractivity contribution in [2.24, 2.45) is 0 Å². The van der Waals surface area contributed by atoms with Crippen LogP contribution in [0.2, 0.25) is 0 Å². The molecule has 0 bridgehead atoms. The largest absolute Gasteiger partial charge is 0.478 e. The summed E-state index contributed by atoms with van der Waals surface area (Å²) in [7, 11) is 0. The predicted octanol–water partition coefficient (Wildman–Crippen LogP) is 5.12. The number of pyridine rings is 1. The number of hydrogen-bond donors (Lipinski definition) is 1. The minimum atomic E-state index is -4.43. The zero-order chi connectivity index (χ0) is 29.0. The maximum absolute atomic E-state index is 12.7. The molecule has 1 aliphatic rings. The number of nitrogens with zero attached hydrogens (tertiary/aromatic N) is 6. The van der Waals surface area contributed by atoms with Crippen LogP contribution in [0.15, 0.2) is 72.0 Å². The average Bonchev–Trinajstić information content (AvgIpc) is 3.42. The number of amides is 1. The van der Waals surface area contributed by atoms with Crippen LogP contribution in [-0.4, -0.2) is 65.6 Å². The maximum Gasteiger partial charge on any atom is 0.417 e. The zero-order valence-corrected chi connectivity index (χ0v) is 22.2. The van der Waals surface area contributed by atoms with Crippen molar-refractivity contribution >= 4 is 23.8 Å². The quantitative estimate of drug-likeness (QED) is 0.315. The summed E-state index contributed by atoms with van der Waals surface area (Å²) < 4.78 is 45.2. The standard InChI is InChI=1S/C27H23F3N6O4S/c28-27(29,30)19-5-6-20(31-16-19)15-17-1-9-22(10-2-17)40-26(39)35-13-11-23(12-14-35)41-25-32-33-34-36(25)21-7-3-18(4-8-21)24(37)38/h1-10,16,23H,11-15H2,(H,37,38). The Morgan fingerprint density at radius 2 is 1.71 bits per heavy atom. The van der Waals surface area contributed by atoms with Crippen LogP contribution in [-0.2, 0) is 12.6 Å². The van der Waals surface area contributed by atoms with Crippen LogP contribution in [0.1, 0.15) is 40.0 Å². The van der Waals surface area contributed by atoms with Crippen molar-refractivity contribution in [3.63, 3.8) is 0 Å². The first kappa shape index (κ1) is 28.1. The van der Waals surface area contributed by atoms with Crippen molar-refractivity contribution in [1.82, 2.24) is 30.1 Å². The van der Waals surface area contributed by atoms with E-state index in [1.807, 2.05) is 0 Å². The lowest BCUT2D eigenvalue weighted by molar-refractivity contribution is -0.137. The number of carboxylic acid groups (broad SMARTS) is 1. The molecule has 212 valence electrons. The molecule has 0 saturated carbocycles. The number of rotatable bonds is 7. The van der Waals surface area contributed by atoms with Gasteiger partial charge >= 0.3 is 18.2 Å². The summed E-state index contributed by atoms with van der Waals surface area (Å²) >= 11 is 1.50. The Balaban J connectivity index is 1.10. The molecule has 1 fully saturated rings. The number of thioether (sulfide) groups is 1. The van der Waals surface area contributed by atoms with Gasteiger partial charge in [-0.05, 0) is 77.4 Å². The highest BCUT2D eigenvalue weighted by Gasteiger charge is 2.30. The number of aromatic carboxylic acids is 1. The monoisotopic (exact) mass is 584 g/mol. The first-order chi connectivity index (χ1) is 19.7. The lowest BCUT2D eigenvalue weighted by atomic mass is 10.1. The number of ether oxygens (including phenoxy) is 1. The van der Waals surface area contributed by atoms with Gasteiger partial charge in [-0.15, -0.1) is 5.10 Å². The molecule has 4 aromatic rings.